The quantitative estimate of drug-likeness (QED) is 0.622. The minimum absolute atomic E-state index is 0.213. The maximum atomic E-state index is 12.9. The van der Waals surface area contributed by atoms with Gasteiger partial charge in [-0.3, -0.25) is 4.79 Å². The number of benzene rings is 1. The Kier molecular flexibility index (Phi) is 2.23. The molecule has 0 saturated carbocycles. The number of carbonyl (C=O) groups is 1. The number of fused-ring (bicyclic) bond motifs is 1. The van der Waals surface area contributed by atoms with E-state index in [9.17, 15) is 9.18 Å². The van der Waals surface area contributed by atoms with E-state index in [1.54, 1.807) is 4.90 Å². The van der Waals surface area contributed by atoms with Crippen molar-refractivity contribution < 1.29 is 9.18 Å². The number of nitrogens with zero attached hydrogens (tertiary/aromatic N) is 1. The smallest absolute Gasteiger partial charge is 0.210 e. The van der Waals surface area contributed by atoms with Gasteiger partial charge in [0.25, 0.3) is 0 Å². The van der Waals surface area contributed by atoms with E-state index < -0.39 is 0 Å². The van der Waals surface area contributed by atoms with Crippen LogP contribution in [-0.4, -0.2) is 17.4 Å². The summed E-state index contributed by atoms with van der Waals surface area (Å²) in [6.07, 6.45) is 1.65. The predicted molar refractivity (Wildman–Crippen MR) is 51.2 cm³/mol. The lowest BCUT2D eigenvalue weighted by molar-refractivity contribution is -0.120. The van der Waals surface area contributed by atoms with Gasteiger partial charge in [0.1, 0.15) is 5.82 Å². The summed E-state index contributed by atoms with van der Waals surface area (Å²) in [5.74, 6) is -0.232. The Labute approximate surface area is 82.3 Å². The average molecular weight is 193 g/mol. The minimum atomic E-state index is -0.232. The van der Waals surface area contributed by atoms with Gasteiger partial charge in [0, 0.05) is 12.6 Å². The second-order valence-electron chi connectivity index (χ2n) is 3.74. The molecule has 2 nitrogen and oxygen atoms in total. The molecule has 0 bridgehead atoms. The molecule has 0 fully saturated rings. The van der Waals surface area contributed by atoms with E-state index in [1.807, 2.05) is 13.0 Å². The van der Waals surface area contributed by atoms with Crippen LogP contribution in [0.25, 0.3) is 0 Å². The van der Waals surface area contributed by atoms with Crippen molar-refractivity contribution in [3.8, 4) is 0 Å². The number of rotatable bonds is 1. The van der Waals surface area contributed by atoms with Gasteiger partial charge < -0.3 is 4.90 Å². The molecular weight excluding hydrogens is 181 g/mol. The highest BCUT2D eigenvalue weighted by molar-refractivity contribution is 5.50. The Morgan fingerprint density at radius 1 is 1.50 bits per heavy atom. The van der Waals surface area contributed by atoms with Gasteiger partial charge in [-0.2, -0.15) is 0 Å². The molecule has 1 aromatic carbocycles. The van der Waals surface area contributed by atoms with E-state index in [1.165, 1.54) is 12.1 Å². The van der Waals surface area contributed by atoms with Crippen molar-refractivity contribution in [3.63, 3.8) is 0 Å². The van der Waals surface area contributed by atoms with Crippen LogP contribution < -0.4 is 0 Å². The molecule has 14 heavy (non-hydrogen) atoms. The van der Waals surface area contributed by atoms with Gasteiger partial charge in [-0.25, -0.2) is 4.39 Å². The van der Waals surface area contributed by atoms with E-state index in [2.05, 4.69) is 0 Å². The third kappa shape index (κ3) is 1.50. The highest BCUT2D eigenvalue weighted by atomic mass is 19.1. The third-order valence-corrected chi connectivity index (χ3v) is 2.74. The Hall–Kier alpha value is -1.38. The van der Waals surface area contributed by atoms with Gasteiger partial charge >= 0.3 is 0 Å². The van der Waals surface area contributed by atoms with Crippen molar-refractivity contribution in [2.45, 2.75) is 25.9 Å². The molecule has 1 heterocycles. The fourth-order valence-electron chi connectivity index (χ4n) is 1.87. The molecule has 0 aromatic heterocycles. The van der Waals surface area contributed by atoms with Crippen LogP contribution >= 0.6 is 0 Å². The summed E-state index contributed by atoms with van der Waals surface area (Å²) in [5, 5.41) is 0. The lowest BCUT2D eigenvalue weighted by atomic mass is 9.95. The van der Waals surface area contributed by atoms with Crippen LogP contribution in [0.3, 0.4) is 0 Å². The first-order valence-corrected chi connectivity index (χ1v) is 4.69. The fourth-order valence-corrected chi connectivity index (χ4v) is 1.87. The highest BCUT2D eigenvalue weighted by Gasteiger charge is 2.21. The molecule has 0 radical (unpaired) electrons. The summed E-state index contributed by atoms with van der Waals surface area (Å²) >= 11 is 0. The number of carbonyl (C=O) groups excluding carboxylic acids is 1. The molecule has 1 amide bonds. The molecule has 2 rings (SSSR count). The molecule has 0 saturated heterocycles. The van der Waals surface area contributed by atoms with Gasteiger partial charge in [-0.05, 0) is 36.6 Å². The van der Waals surface area contributed by atoms with E-state index in [4.69, 9.17) is 0 Å². The molecule has 74 valence electrons. The molecule has 0 spiro atoms. The second-order valence-corrected chi connectivity index (χ2v) is 3.74. The molecule has 0 N–H and O–H groups in total. The number of amides is 1. The van der Waals surface area contributed by atoms with E-state index in [0.717, 1.165) is 24.0 Å². The van der Waals surface area contributed by atoms with Crippen molar-refractivity contribution in [2.75, 3.05) is 0 Å². The van der Waals surface area contributed by atoms with Gasteiger partial charge in [0.2, 0.25) is 6.41 Å². The molecule has 1 aliphatic rings. The van der Waals surface area contributed by atoms with Crippen molar-refractivity contribution >= 4 is 6.41 Å². The molecule has 3 heteroatoms. The van der Waals surface area contributed by atoms with E-state index >= 15 is 0 Å². The number of halogens is 1. The summed E-state index contributed by atoms with van der Waals surface area (Å²) in [7, 11) is 0. The number of hydrogen-bond acceptors (Lipinski definition) is 1. The average Bonchev–Trinajstić information content (AvgIpc) is 2.17. The van der Waals surface area contributed by atoms with Gasteiger partial charge in [0.15, 0.2) is 0 Å². The van der Waals surface area contributed by atoms with Gasteiger partial charge in [0.05, 0.1) is 0 Å². The van der Waals surface area contributed by atoms with Crippen LogP contribution in [0, 0.1) is 5.82 Å². The first-order valence-electron chi connectivity index (χ1n) is 4.69. The van der Waals surface area contributed by atoms with Gasteiger partial charge in [-0.1, -0.05) is 6.07 Å². The summed E-state index contributed by atoms with van der Waals surface area (Å²) in [4.78, 5) is 12.4. The monoisotopic (exact) mass is 193 g/mol. The van der Waals surface area contributed by atoms with Gasteiger partial charge in [-0.15, -0.1) is 0 Å². The van der Waals surface area contributed by atoms with Crippen molar-refractivity contribution in [2.24, 2.45) is 0 Å². The SMILES string of the molecule is CC1Cc2ccc(F)cc2CN1C=O. The van der Waals surface area contributed by atoms with Crippen LogP contribution in [0.5, 0.6) is 0 Å². The first kappa shape index (κ1) is 9.19. The molecule has 1 unspecified atom stereocenters. The van der Waals surface area contributed by atoms with Crippen molar-refractivity contribution in [1.29, 1.82) is 0 Å². The Bertz CT molecular complexity index is 364. The fraction of sp³-hybridized carbons (Fsp3) is 0.364. The van der Waals surface area contributed by atoms with E-state index in [-0.39, 0.29) is 11.9 Å². The molecule has 1 aliphatic heterocycles. The molecular formula is C11H12FNO. The minimum Gasteiger partial charge on any atom is -0.338 e. The number of hydrogen-bond donors (Lipinski definition) is 0. The zero-order valence-corrected chi connectivity index (χ0v) is 8.03. The van der Waals surface area contributed by atoms with Crippen molar-refractivity contribution in [3.05, 3.63) is 35.1 Å². The normalized spacial score (nSPS) is 20.4. The second kappa shape index (κ2) is 3.40. The van der Waals surface area contributed by atoms with Crippen LogP contribution in [0.2, 0.25) is 0 Å². The Balaban J connectivity index is 2.35. The maximum Gasteiger partial charge on any atom is 0.210 e. The molecule has 1 atom stereocenters. The standard InChI is InChI=1S/C11H12FNO/c1-8-4-9-2-3-11(12)5-10(9)6-13(8)7-14/h2-3,5,7-8H,4,6H2,1H3. The van der Waals surface area contributed by atoms with E-state index in [0.29, 0.717) is 6.54 Å². The topological polar surface area (TPSA) is 20.3 Å². The Morgan fingerprint density at radius 2 is 2.29 bits per heavy atom. The lowest BCUT2D eigenvalue weighted by Gasteiger charge is -2.31. The summed E-state index contributed by atoms with van der Waals surface area (Å²) in [6, 6.07) is 5.01. The zero-order chi connectivity index (χ0) is 10.1. The van der Waals surface area contributed by atoms with Crippen LogP contribution in [-0.2, 0) is 17.8 Å². The maximum absolute atomic E-state index is 12.9. The lowest BCUT2D eigenvalue weighted by Crippen LogP contribution is -2.37. The first-order chi connectivity index (χ1) is 6.70. The van der Waals surface area contributed by atoms with Crippen LogP contribution in [0.4, 0.5) is 4.39 Å². The summed E-state index contributed by atoms with van der Waals surface area (Å²) in [5.41, 5.74) is 2.08. The van der Waals surface area contributed by atoms with Crippen LogP contribution in [0.15, 0.2) is 18.2 Å². The molecule has 0 aliphatic carbocycles. The molecule has 1 aromatic rings. The van der Waals surface area contributed by atoms with Crippen LogP contribution in [0.1, 0.15) is 18.1 Å². The highest BCUT2D eigenvalue weighted by Crippen LogP contribution is 2.22. The predicted octanol–water partition coefficient (Wildman–Crippen LogP) is 1.73. The largest absolute Gasteiger partial charge is 0.338 e. The van der Waals surface area contributed by atoms with Crippen molar-refractivity contribution in [1.82, 2.24) is 4.90 Å². The Morgan fingerprint density at radius 3 is 3.00 bits per heavy atom. The summed E-state index contributed by atoms with van der Waals surface area (Å²) < 4.78 is 12.9. The summed E-state index contributed by atoms with van der Waals surface area (Å²) in [6.45, 7) is 2.53. The zero-order valence-electron chi connectivity index (χ0n) is 8.03. The third-order valence-electron chi connectivity index (χ3n) is 2.74.